The maximum atomic E-state index is 13.3. The Hall–Kier alpha value is -4.59. The molecular weight excluding hydrogens is 502 g/mol. The molecule has 0 saturated carbocycles. The summed E-state index contributed by atoms with van der Waals surface area (Å²) in [4.78, 5) is 37.2. The second-order valence-electron chi connectivity index (χ2n) is 8.19. The molecule has 2 heterocycles. The molecule has 1 atom stereocenters. The third-order valence-electron chi connectivity index (χ3n) is 6.11. The Labute approximate surface area is 211 Å². The van der Waals surface area contributed by atoms with Crippen LogP contribution in [-0.2, 0) is 24.3 Å². The van der Waals surface area contributed by atoms with E-state index in [-0.39, 0.29) is 34.7 Å². The fourth-order valence-corrected chi connectivity index (χ4v) is 5.96. The number of hydrogen-bond acceptors (Lipinski definition) is 9. The van der Waals surface area contributed by atoms with E-state index < -0.39 is 39.6 Å². The lowest BCUT2D eigenvalue weighted by Gasteiger charge is -2.33. The molecule has 188 valence electrons. The summed E-state index contributed by atoms with van der Waals surface area (Å²) >= 11 is 0. The van der Waals surface area contributed by atoms with Crippen molar-refractivity contribution >= 4 is 38.8 Å². The number of amides is 1. The minimum Gasteiger partial charge on any atom is -0.443 e. The van der Waals surface area contributed by atoms with Crippen LogP contribution in [0.15, 0.2) is 59.0 Å². The number of hydrogen-bond donors (Lipinski definition) is 0. The first-order chi connectivity index (χ1) is 17.7. The lowest BCUT2D eigenvalue weighted by Crippen LogP contribution is -2.49. The van der Waals surface area contributed by atoms with E-state index in [1.807, 2.05) is 0 Å². The molecule has 1 amide bonds. The number of nitro benzene ring substituents is 1. The first-order valence-electron chi connectivity index (χ1n) is 11.1. The van der Waals surface area contributed by atoms with Gasteiger partial charge in [-0.05, 0) is 37.5 Å². The lowest BCUT2D eigenvalue weighted by atomic mass is 10.0. The minimum atomic E-state index is -4.17. The van der Waals surface area contributed by atoms with E-state index >= 15 is 0 Å². The molecule has 2 aliphatic rings. The molecule has 0 aromatic heterocycles. The number of rotatable bonds is 6. The normalized spacial score (nSPS) is 17.5. The number of carbonyl (C=O) groups excluding carboxylic acids is 2. The molecule has 1 unspecified atom stereocenters. The smallest absolute Gasteiger partial charge is 0.326 e. The number of carbonyl (C=O) groups is 2. The summed E-state index contributed by atoms with van der Waals surface area (Å²) in [6, 6.07) is 13.0. The Morgan fingerprint density at radius 2 is 1.78 bits per heavy atom. The summed E-state index contributed by atoms with van der Waals surface area (Å²) in [7, 11) is -4.17. The highest BCUT2D eigenvalue weighted by Gasteiger charge is 2.40. The van der Waals surface area contributed by atoms with Crippen molar-refractivity contribution in [3.8, 4) is 12.1 Å². The zero-order valence-electron chi connectivity index (χ0n) is 19.2. The first-order valence-corrected chi connectivity index (χ1v) is 12.5. The Morgan fingerprint density at radius 3 is 2.43 bits per heavy atom. The maximum absolute atomic E-state index is 13.3. The van der Waals surface area contributed by atoms with Gasteiger partial charge in [0.2, 0.25) is 10.0 Å². The lowest BCUT2D eigenvalue weighted by molar-refractivity contribution is -0.384. The summed E-state index contributed by atoms with van der Waals surface area (Å²) in [5.41, 5.74) is -0.0527. The molecule has 0 bridgehead atoms. The minimum absolute atomic E-state index is 0.0468. The van der Waals surface area contributed by atoms with Crippen LogP contribution in [0.25, 0.3) is 5.57 Å². The zero-order valence-corrected chi connectivity index (χ0v) is 20.1. The van der Waals surface area contributed by atoms with Crippen molar-refractivity contribution in [2.24, 2.45) is 0 Å². The fourth-order valence-electron chi connectivity index (χ4n) is 4.31. The fraction of sp³-hybridized carbons (Fsp3) is 0.250. The van der Waals surface area contributed by atoms with Gasteiger partial charge in [0.25, 0.3) is 11.6 Å². The summed E-state index contributed by atoms with van der Waals surface area (Å²) < 4.78 is 32.9. The van der Waals surface area contributed by atoms with Gasteiger partial charge in [-0.25, -0.2) is 8.42 Å². The monoisotopic (exact) mass is 521 g/mol. The molecule has 4 rings (SSSR count). The largest absolute Gasteiger partial charge is 0.443 e. The van der Waals surface area contributed by atoms with E-state index in [2.05, 4.69) is 0 Å². The molecule has 0 spiro atoms. The van der Waals surface area contributed by atoms with Crippen LogP contribution in [0.2, 0.25) is 0 Å². The maximum Gasteiger partial charge on any atom is 0.326 e. The van der Waals surface area contributed by atoms with Gasteiger partial charge in [0.15, 0.2) is 6.73 Å². The third-order valence-corrected chi connectivity index (χ3v) is 8.04. The average molecular weight is 522 g/mol. The highest BCUT2D eigenvalue weighted by atomic mass is 32.2. The number of fused-ring (bicyclic) bond motifs is 1. The van der Waals surface area contributed by atoms with Gasteiger partial charge in [0.05, 0.1) is 21.1 Å². The number of nitriles is 2. The van der Waals surface area contributed by atoms with Crippen LogP contribution < -0.4 is 4.90 Å². The van der Waals surface area contributed by atoms with Gasteiger partial charge in [-0.15, -0.1) is 0 Å². The van der Waals surface area contributed by atoms with Crippen molar-refractivity contribution in [1.82, 2.24) is 4.31 Å². The van der Waals surface area contributed by atoms with Crippen molar-refractivity contribution in [2.45, 2.75) is 30.2 Å². The Morgan fingerprint density at radius 1 is 1.11 bits per heavy atom. The second kappa shape index (κ2) is 10.2. The van der Waals surface area contributed by atoms with Crippen LogP contribution in [-0.4, -0.2) is 48.8 Å². The van der Waals surface area contributed by atoms with Crippen LogP contribution in [0.5, 0.6) is 0 Å². The van der Waals surface area contributed by atoms with Crippen molar-refractivity contribution in [2.75, 3.05) is 18.2 Å². The number of allylic oxidation sites excluding steroid dienone is 1. The highest BCUT2D eigenvalue weighted by Crippen LogP contribution is 2.38. The molecule has 37 heavy (non-hydrogen) atoms. The quantitative estimate of drug-likeness (QED) is 0.182. The number of anilines is 1. The zero-order chi connectivity index (χ0) is 26.7. The van der Waals surface area contributed by atoms with Gasteiger partial charge in [-0.3, -0.25) is 24.6 Å². The van der Waals surface area contributed by atoms with Crippen molar-refractivity contribution in [1.29, 1.82) is 10.5 Å². The van der Waals surface area contributed by atoms with E-state index in [0.29, 0.717) is 24.1 Å². The molecule has 2 aromatic rings. The molecule has 2 aliphatic heterocycles. The number of esters is 1. The van der Waals surface area contributed by atoms with Gasteiger partial charge in [-0.1, -0.05) is 18.2 Å². The van der Waals surface area contributed by atoms with Gasteiger partial charge >= 0.3 is 5.97 Å². The SMILES string of the molecule is N#CC(C#N)=C1C(=O)N(COC(=O)C2CCCCN2S(=O)(=O)c2ccc([N+](=O)[O-])cc2)c2ccccc21. The van der Waals surface area contributed by atoms with Crippen LogP contribution in [0.1, 0.15) is 24.8 Å². The summed E-state index contributed by atoms with van der Waals surface area (Å²) in [6.07, 6.45) is 1.26. The number of non-ortho nitro benzene ring substituents is 1. The van der Waals surface area contributed by atoms with E-state index in [0.717, 1.165) is 33.5 Å². The number of nitrogens with zero attached hydrogens (tertiary/aromatic N) is 5. The molecular formula is C24H19N5O7S. The van der Waals surface area contributed by atoms with Crippen LogP contribution in [0, 0.1) is 32.8 Å². The molecule has 12 nitrogen and oxygen atoms in total. The Bertz CT molecular complexity index is 1490. The predicted octanol–water partition coefficient (Wildman–Crippen LogP) is 2.49. The molecule has 1 saturated heterocycles. The Kier molecular flexibility index (Phi) is 7.02. The van der Waals surface area contributed by atoms with Crippen LogP contribution in [0.3, 0.4) is 0 Å². The topological polar surface area (TPSA) is 175 Å². The van der Waals surface area contributed by atoms with Crippen molar-refractivity contribution in [3.05, 3.63) is 69.8 Å². The van der Waals surface area contributed by atoms with Crippen molar-refractivity contribution < 1.29 is 27.7 Å². The summed E-state index contributed by atoms with van der Waals surface area (Å²) in [5.74, 6) is -1.56. The third kappa shape index (κ3) is 4.65. The first kappa shape index (κ1) is 25.5. The van der Waals surface area contributed by atoms with Gasteiger partial charge in [-0.2, -0.15) is 14.8 Å². The van der Waals surface area contributed by atoms with Gasteiger partial charge < -0.3 is 4.74 Å². The number of sulfonamides is 1. The second-order valence-corrected chi connectivity index (χ2v) is 10.1. The molecule has 0 radical (unpaired) electrons. The Balaban J connectivity index is 1.56. The standard InChI is InChI=1S/C24H19N5O7S/c25-13-16(14-26)22-19-5-1-2-6-20(19)27(23(22)30)15-36-24(31)21-7-3-4-12-28(21)37(34,35)18-10-8-17(9-11-18)29(32)33/h1-2,5-6,8-11,21H,3-4,7,12,15H2. The van der Waals surface area contributed by atoms with E-state index in [1.165, 1.54) is 0 Å². The number of benzene rings is 2. The number of piperidine rings is 1. The summed E-state index contributed by atoms with van der Waals surface area (Å²) in [6.45, 7) is -0.505. The van der Waals surface area contributed by atoms with E-state index in [9.17, 15) is 38.6 Å². The van der Waals surface area contributed by atoms with Crippen molar-refractivity contribution in [3.63, 3.8) is 0 Å². The van der Waals surface area contributed by atoms with Crippen LogP contribution >= 0.6 is 0 Å². The average Bonchev–Trinajstić information content (AvgIpc) is 3.19. The number of para-hydroxylation sites is 1. The molecule has 1 fully saturated rings. The molecule has 13 heteroatoms. The number of nitro groups is 1. The molecule has 2 aromatic carbocycles. The predicted molar refractivity (Wildman–Crippen MR) is 128 cm³/mol. The molecule has 0 aliphatic carbocycles. The molecule has 0 N–H and O–H groups in total. The van der Waals surface area contributed by atoms with Crippen LogP contribution in [0.4, 0.5) is 11.4 Å². The van der Waals surface area contributed by atoms with Gasteiger partial charge in [0.1, 0.15) is 23.8 Å². The van der Waals surface area contributed by atoms with Gasteiger partial charge in [0, 0.05) is 24.2 Å². The number of ether oxygens (including phenoxy) is 1. The van der Waals surface area contributed by atoms with E-state index in [1.54, 1.807) is 36.4 Å². The van der Waals surface area contributed by atoms with E-state index in [4.69, 9.17) is 4.74 Å². The summed E-state index contributed by atoms with van der Waals surface area (Å²) in [5, 5.41) is 29.4. The highest BCUT2D eigenvalue weighted by molar-refractivity contribution is 7.89.